The largest absolute Gasteiger partial charge is 0.377 e. The topological polar surface area (TPSA) is 114 Å². The molecule has 39 heavy (non-hydrogen) atoms. The summed E-state index contributed by atoms with van der Waals surface area (Å²) < 4.78 is 29.4. The van der Waals surface area contributed by atoms with E-state index in [4.69, 9.17) is 9.72 Å². The Morgan fingerprint density at radius 2 is 1.79 bits per heavy atom. The van der Waals surface area contributed by atoms with Gasteiger partial charge < -0.3 is 15.0 Å². The molecular formula is C29H39N5O4S. The molecule has 1 aliphatic heterocycles. The van der Waals surface area contributed by atoms with E-state index in [0.717, 1.165) is 33.5 Å². The Morgan fingerprint density at radius 3 is 2.38 bits per heavy atom. The highest BCUT2D eigenvalue weighted by Gasteiger charge is 2.37. The molecule has 3 aromatic heterocycles. The number of nitrogens with zero attached hydrogens (tertiary/aromatic N) is 4. The van der Waals surface area contributed by atoms with Crippen LogP contribution >= 0.6 is 0 Å². The molecule has 0 spiro atoms. The average molecular weight is 554 g/mol. The van der Waals surface area contributed by atoms with E-state index in [0.29, 0.717) is 18.7 Å². The lowest BCUT2D eigenvalue weighted by Gasteiger charge is -2.40. The lowest BCUT2D eigenvalue weighted by molar-refractivity contribution is -0.139. The third-order valence-electron chi connectivity index (χ3n) is 7.48. The highest BCUT2D eigenvalue weighted by molar-refractivity contribution is 7.91. The van der Waals surface area contributed by atoms with Gasteiger partial charge in [0.1, 0.15) is 15.7 Å². The second kappa shape index (κ2) is 11.2. The van der Waals surface area contributed by atoms with Gasteiger partial charge in [0.2, 0.25) is 5.91 Å². The van der Waals surface area contributed by atoms with E-state index in [1.807, 2.05) is 45.2 Å². The maximum absolute atomic E-state index is 13.4. The van der Waals surface area contributed by atoms with E-state index in [-0.39, 0.29) is 40.9 Å². The van der Waals surface area contributed by atoms with Gasteiger partial charge in [0.15, 0.2) is 0 Å². The quantitative estimate of drug-likeness (QED) is 0.427. The number of fused-ring (bicyclic) bond motifs is 1. The minimum absolute atomic E-state index is 0.0183. The number of sulfone groups is 1. The summed E-state index contributed by atoms with van der Waals surface area (Å²) in [5.41, 5.74) is 4.79. The number of methoxy groups -OCH3 is 1. The van der Waals surface area contributed by atoms with Crippen molar-refractivity contribution in [3.8, 4) is 0 Å². The molecule has 0 aromatic carbocycles. The number of carbonyl (C=O) groups excluding carboxylic acids is 1. The molecular weight excluding hydrogens is 514 g/mol. The van der Waals surface area contributed by atoms with Gasteiger partial charge in [-0.2, -0.15) is 0 Å². The molecule has 3 aromatic rings. The normalized spacial score (nSPS) is 17.5. The summed E-state index contributed by atoms with van der Waals surface area (Å²) in [6.45, 7) is 10.2. The van der Waals surface area contributed by atoms with Crippen molar-refractivity contribution in [3.05, 3.63) is 53.5 Å². The second-order valence-electron chi connectivity index (χ2n) is 11.5. The molecule has 1 fully saturated rings. The molecule has 1 unspecified atom stereocenters. The zero-order valence-electron chi connectivity index (χ0n) is 23.9. The molecule has 4 rings (SSSR count). The van der Waals surface area contributed by atoms with Gasteiger partial charge in [0, 0.05) is 37.5 Å². The highest BCUT2D eigenvalue weighted by Crippen LogP contribution is 2.39. The van der Waals surface area contributed by atoms with Gasteiger partial charge in [0.25, 0.3) is 0 Å². The van der Waals surface area contributed by atoms with Gasteiger partial charge in [0.05, 0.1) is 46.6 Å². The van der Waals surface area contributed by atoms with E-state index in [1.54, 1.807) is 24.4 Å². The molecule has 210 valence electrons. The fraction of sp³-hybridized carbons (Fsp3) is 0.517. The first-order valence-corrected chi connectivity index (χ1v) is 15.1. The van der Waals surface area contributed by atoms with Gasteiger partial charge in [-0.05, 0) is 55.9 Å². The van der Waals surface area contributed by atoms with Gasteiger partial charge in [-0.1, -0.05) is 26.8 Å². The highest BCUT2D eigenvalue weighted by atomic mass is 32.2. The lowest BCUT2D eigenvalue weighted by atomic mass is 9.81. The number of rotatable bonds is 7. The Hall–Kier alpha value is -3.11. The number of ether oxygens (including phenoxy) is 1. The van der Waals surface area contributed by atoms with Crippen molar-refractivity contribution in [1.82, 2.24) is 19.9 Å². The molecule has 1 aliphatic rings. The Kier molecular flexibility index (Phi) is 8.28. The molecule has 0 bridgehead atoms. The van der Waals surface area contributed by atoms with Gasteiger partial charge in [-0.3, -0.25) is 14.8 Å². The van der Waals surface area contributed by atoms with Crippen LogP contribution in [0.1, 0.15) is 69.5 Å². The van der Waals surface area contributed by atoms with Crippen molar-refractivity contribution in [2.24, 2.45) is 11.3 Å². The van der Waals surface area contributed by atoms with Crippen molar-refractivity contribution in [2.75, 3.05) is 31.0 Å². The number of hydrogen-bond acceptors (Lipinski definition) is 8. The molecule has 1 saturated heterocycles. The molecule has 4 heterocycles. The van der Waals surface area contributed by atoms with Gasteiger partial charge in [-0.25, -0.2) is 13.4 Å². The third-order valence-corrected chi connectivity index (χ3v) is 9.19. The summed E-state index contributed by atoms with van der Waals surface area (Å²) in [6, 6.07) is 7.54. The Labute approximate surface area is 231 Å². The van der Waals surface area contributed by atoms with Crippen LogP contribution in [0, 0.1) is 18.3 Å². The van der Waals surface area contributed by atoms with Crippen LogP contribution in [-0.2, 0) is 19.4 Å². The van der Waals surface area contributed by atoms with Crippen LogP contribution in [0.2, 0.25) is 0 Å². The minimum Gasteiger partial charge on any atom is -0.377 e. The maximum atomic E-state index is 13.4. The van der Waals surface area contributed by atoms with Crippen molar-refractivity contribution < 1.29 is 17.9 Å². The van der Waals surface area contributed by atoms with E-state index in [2.05, 4.69) is 36.1 Å². The first-order valence-electron chi connectivity index (χ1n) is 13.3. The zero-order valence-corrected chi connectivity index (χ0v) is 24.7. The summed E-state index contributed by atoms with van der Waals surface area (Å²) in [7, 11) is 0.439. The van der Waals surface area contributed by atoms with Crippen LogP contribution < -0.4 is 5.32 Å². The average Bonchev–Trinajstić information content (AvgIpc) is 2.88. The van der Waals surface area contributed by atoms with Crippen LogP contribution in [0.15, 0.2) is 36.7 Å². The predicted molar refractivity (Wildman–Crippen MR) is 154 cm³/mol. The van der Waals surface area contributed by atoms with E-state index in [9.17, 15) is 13.2 Å². The Bertz CT molecular complexity index is 1440. The smallest absolute Gasteiger partial charge is 0.226 e. The third kappa shape index (κ3) is 6.38. The van der Waals surface area contributed by atoms with E-state index in [1.165, 1.54) is 0 Å². The van der Waals surface area contributed by atoms with Crippen molar-refractivity contribution in [1.29, 1.82) is 0 Å². The summed E-state index contributed by atoms with van der Waals surface area (Å²) in [4.78, 5) is 29.2. The SMILES string of the molecule is COC(C)c1c(Nc2ccc([C@H](N(C)C(=O)C3CCS(=O)(=O)CC3)C(C)(C)C)cn2)cnc2ccc(C)nc12. The number of anilines is 2. The van der Waals surface area contributed by atoms with Crippen molar-refractivity contribution >= 4 is 38.3 Å². The van der Waals surface area contributed by atoms with Crippen LogP contribution in [0.4, 0.5) is 11.5 Å². The fourth-order valence-electron chi connectivity index (χ4n) is 5.45. The maximum Gasteiger partial charge on any atom is 0.226 e. The van der Waals surface area contributed by atoms with Crippen molar-refractivity contribution in [2.45, 2.75) is 59.6 Å². The monoisotopic (exact) mass is 553 g/mol. The summed E-state index contributed by atoms with van der Waals surface area (Å²) in [5.74, 6) is 0.478. The van der Waals surface area contributed by atoms with Gasteiger partial charge >= 0.3 is 0 Å². The van der Waals surface area contributed by atoms with Crippen LogP contribution in [0.5, 0.6) is 0 Å². The molecule has 0 aliphatic carbocycles. The summed E-state index contributed by atoms with van der Waals surface area (Å²) in [6.07, 6.45) is 4.10. The lowest BCUT2D eigenvalue weighted by Crippen LogP contribution is -2.43. The predicted octanol–water partition coefficient (Wildman–Crippen LogP) is 5.15. The van der Waals surface area contributed by atoms with Crippen LogP contribution in [-0.4, -0.2) is 59.8 Å². The molecule has 10 heteroatoms. The molecule has 1 N–H and O–H groups in total. The number of aryl methyl sites for hydroxylation is 1. The molecule has 0 radical (unpaired) electrons. The number of aromatic nitrogens is 3. The molecule has 0 saturated carbocycles. The Morgan fingerprint density at radius 1 is 1.10 bits per heavy atom. The van der Waals surface area contributed by atoms with Crippen LogP contribution in [0.3, 0.4) is 0 Å². The number of nitrogens with one attached hydrogen (secondary N) is 1. The van der Waals surface area contributed by atoms with Gasteiger partial charge in [-0.15, -0.1) is 0 Å². The standard InChI is InChI=1S/C29H39N5O4S/c1-18-8-10-22-26(32-18)25(19(2)38-7)23(17-30-22)33-24-11-9-21(16-31-24)27(29(3,4)5)34(6)28(35)20-12-14-39(36,37)15-13-20/h8-11,16-17,19-20,27H,12-15H2,1-7H3,(H,31,33)/t19?,27-/m0/s1. The summed E-state index contributed by atoms with van der Waals surface area (Å²) >= 11 is 0. The first kappa shape index (κ1) is 28.9. The molecule has 2 atom stereocenters. The molecule has 9 nitrogen and oxygen atoms in total. The summed E-state index contributed by atoms with van der Waals surface area (Å²) in [5, 5.41) is 3.38. The number of hydrogen-bond donors (Lipinski definition) is 1. The van der Waals surface area contributed by atoms with Crippen molar-refractivity contribution in [3.63, 3.8) is 0 Å². The number of carbonyl (C=O) groups is 1. The van der Waals surface area contributed by atoms with Crippen LogP contribution in [0.25, 0.3) is 11.0 Å². The number of amides is 1. The fourth-order valence-corrected chi connectivity index (χ4v) is 6.94. The second-order valence-corrected chi connectivity index (χ2v) is 13.8. The van der Waals surface area contributed by atoms with E-state index < -0.39 is 9.84 Å². The number of pyridine rings is 3. The molecule has 1 amide bonds. The van der Waals surface area contributed by atoms with E-state index >= 15 is 0 Å². The minimum atomic E-state index is -3.04. The Balaban J connectivity index is 1.60. The first-order chi connectivity index (χ1) is 18.3. The zero-order chi connectivity index (χ0) is 28.5.